The molecular weight excluding hydrogens is 368 g/mol. The van der Waals surface area contributed by atoms with Gasteiger partial charge in [-0.1, -0.05) is 6.07 Å². The summed E-state index contributed by atoms with van der Waals surface area (Å²) >= 11 is 1.36. The van der Waals surface area contributed by atoms with Crippen molar-refractivity contribution in [1.82, 2.24) is 0 Å². The lowest BCUT2D eigenvalue weighted by atomic mass is 9.95. The number of esters is 1. The number of hydrogen-bond donors (Lipinski definition) is 2. The number of anilines is 1. The molecule has 1 heterocycles. The zero-order valence-electron chi connectivity index (χ0n) is 14.9. The Bertz CT molecular complexity index is 890. The van der Waals surface area contributed by atoms with Gasteiger partial charge in [-0.05, 0) is 49.4 Å². The number of hydrogen-bond acceptors (Lipinski definition) is 6. The van der Waals surface area contributed by atoms with Crippen LogP contribution in [0.1, 0.15) is 44.0 Å². The van der Waals surface area contributed by atoms with E-state index < -0.39 is 24.4 Å². The van der Waals surface area contributed by atoms with Crippen LogP contribution in [0.4, 0.5) is 5.00 Å². The minimum atomic E-state index is -0.635. The molecule has 27 heavy (non-hydrogen) atoms. The van der Waals surface area contributed by atoms with Gasteiger partial charge in [0.15, 0.2) is 6.61 Å². The molecule has 0 radical (unpaired) electrons. The van der Waals surface area contributed by atoms with Gasteiger partial charge < -0.3 is 20.5 Å². The quantitative estimate of drug-likeness (QED) is 0.740. The lowest BCUT2D eigenvalue weighted by Gasteiger charge is -2.11. The maximum absolute atomic E-state index is 12.2. The van der Waals surface area contributed by atoms with E-state index in [1.807, 2.05) is 0 Å². The number of aryl methyl sites for hydroxylation is 1. The largest absolute Gasteiger partial charge is 0.497 e. The van der Waals surface area contributed by atoms with Crippen LogP contribution in [0.5, 0.6) is 5.75 Å². The van der Waals surface area contributed by atoms with E-state index in [4.69, 9.17) is 15.2 Å². The summed E-state index contributed by atoms with van der Waals surface area (Å²) in [6, 6.07) is 6.46. The fourth-order valence-electron chi connectivity index (χ4n) is 3.04. The van der Waals surface area contributed by atoms with Crippen LogP contribution in [-0.4, -0.2) is 31.5 Å². The monoisotopic (exact) mass is 388 g/mol. The van der Waals surface area contributed by atoms with Crippen molar-refractivity contribution in [3.8, 4) is 5.75 Å². The van der Waals surface area contributed by atoms with E-state index in [0.717, 1.165) is 36.1 Å². The Morgan fingerprint density at radius 3 is 2.74 bits per heavy atom. The first-order chi connectivity index (χ1) is 13.0. The number of ether oxygens (including phenoxy) is 2. The summed E-state index contributed by atoms with van der Waals surface area (Å²) in [6.07, 6.45) is 3.71. The van der Waals surface area contributed by atoms with E-state index in [2.05, 4.69) is 5.32 Å². The summed E-state index contributed by atoms with van der Waals surface area (Å²) < 4.78 is 10.1. The van der Waals surface area contributed by atoms with Crippen molar-refractivity contribution in [3.05, 3.63) is 45.8 Å². The highest BCUT2D eigenvalue weighted by Crippen LogP contribution is 2.37. The van der Waals surface area contributed by atoms with E-state index >= 15 is 0 Å². The number of carbonyl (C=O) groups excluding carboxylic acids is 3. The van der Waals surface area contributed by atoms with Gasteiger partial charge in [-0.3, -0.25) is 9.59 Å². The topological polar surface area (TPSA) is 108 Å². The average molecular weight is 388 g/mol. The van der Waals surface area contributed by atoms with Gasteiger partial charge in [0, 0.05) is 4.88 Å². The number of carbonyl (C=O) groups is 3. The number of nitrogens with two attached hydrogens (primary N) is 1. The zero-order chi connectivity index (χ0) is 19.4. The van der Waals surface area contributed by atoms with Gasteiger partial charge >= 0.3 is 5.97 Å². The third-order valence-electron chi connectivity index (χ3n) is 4.31. The Morgan fingerprint density at radius 1 is 1.22 bits per heavy atom. The van der Waals surface area contributed by atoms with Gasteiger partial charge in [0.05, 0.1) is 18.2 Å². The van der Waals surface area contributed by atoms with Gasteiger partial charge in [-0.15, -0.1) is 11.3 Å². The first-order valence-corrected chi connectivity index (χ1v) is 9.36. The standard InChI is InChI=1S/C19H20N2O5S/c1-25-12-6-4-5-11(9-12)19(24)26-10-15(22)21-18-16(17(20)23)13-7-2-3-8-14(13)27-18/h4-6,9H,2-3,7-8,10H2,1H3,(H2,20,23)(H,21,22). The van der Waals surface area contributed by atoms with Crippen molar-refractivity contribution in [2.75, 3.05) is 19.0 Å². The summed E-state index contributed by atoms with van der Waals surface area (Å²) in [5, 5.41) is 3.08. The van der Waals surface area contributed by atoms with E-state index in [1.54, 1.807) is 18.2 Å². The molecule has 0 saturated heterocycles. The molecule has 1 aliphatic rings. The average Bonchev–Trinajstić information content (AvgIpc) is 3.04. The van der Waals surface area contributed by atoms with Gasteiger partial charge in [-0.2, -0.15) is 0 Å². The molecule has 0 saturated carbocycles. The smallest absolute Gasteiger partial charge is 0.338 e. The molecule has 2 aromatic rings. The van der Waals surface area contributed by atoms with Gasteiger partial charge in [-0.25, -0.2) is 4.79 Å². The number of thiophene rings is 1. The first-order valence-electron chi connectivity index (χ1n) is 8.55. The molecular formula is C19H20N2O5S. The number of nitrogens with one attached hydrogen (secondary N) is 1. The van der Waals surface area contributed by atoms with Crippen molar-refractivity contribution >= 4 is 34.1 Å². The Kier molecular flexibility index (Phi) is 5.75. The third-order valence-corrected chi connectivity index (χ3v) is 5.52. The zero-order valence-corrected chi connectivity index (χ0v) is 15.7. The third kappa shape index (κ3) is 4.28. The van der Waals surface area contributed by atoms with Gasteiger partial charge in [0.25, 0.3) is 11.8 Å². The Labute approximate surface area is 160 Å². The van der Waals surface area contributed by atoms with Crippen LogP contribution in [0, 0.1) is 0 Å². The molecule has 3 N–H and O–H groups in total. The molecule has 142 valence electrons. The minimum Gasteiger partial charge on any atom is -0.497 e. The van der Waals surface area contributed by atoms with Crippen LogP contribution in [0.3, 0.4) is 0 Å². The van der Waals surface area contributed by atoms with E-state index in [0.29, 0.717) is 16.3 Å². The number of benzene rings is 1. The fraction of sp³-hybridized carbons (Fsp3) is 0.316. The molecule has 2 amide bonds. The second-order valence-electron chi connectivity index (χ2n) is 6.14. The predicted molar refractivity (Wildman–Crippen MR) is 101 cm³/mol. The Morgan fingerprint density at radius 2 is 2.00 bits per heavy atom. The van der Waals surface area contributed by atoms with Crippen LogP contribution >= 0.6 is 11.3 Å². The minimum absolute atomic E-state index is 0.284. The highest BCUT2D eigenvalue weighted by atomic mass is 32.1. The number of amides is 2. The Balaban J connectivity index is 1.65. The number of rotatable bonds is 6. The summed E-state index contributed by atoms with van der Waals surface area (Å²) in [6.45, 7) is -0.461. The second kappa shape index (κ2) is 8.22. The summed E-state index contributed by atoms with van der Waals surface area (Å²) in [5.74, 6) is -1.20. The molecule has 8 heteroatoms. The molecule has 0 bridgehead atoms. The van der Waals surface area contributed by atoms with E-state index in [1.165, 1.54) is 24.5 Å². The molecule has 1 aliphatic carbocycles. The van der Waals surface area contributed by atoms with Crippen LogP contribution < -0.4 is 15.8 Å². The number of methoxy groups -OCH3 is 1. The lowest BCUT2D eigenvalue weighted by Crippen LogP contribution is -2.23. The molecule has 1 aromatic carbocycles. The first kappa shape index (κ1) is 18.9. The molecule has 0 atom stereocenters. The molecule has 0 aliphatic heterocycles. The van der Waals surface area contributed by atoms with Crippen molar-refractivity contribution < 1.29 is 23.9 Å². The fourth-order valence-corrected chi connectivity index (χ4v) is 4.35. The van der Waals surface area contributed by atoms with E-state index in [9.17, 15) is 14.4 Å². The number of fused-ring (bicyclic) bond motifs is 1. The molecule has 0 spiro atoms. The Hall–Kier alpha value is -2.87. The van der Waals surface area contributed by atoms with Gasteiger partial charge in [0.1, 0.15) is 10.8 Å². The normalized spacial score (nSPS) is 12.8. The SMILES string of the molecule is COc1cccc(C(=O)OCC(=O)Nc2sc3c(c2C(N)=O)CCCC3)c1. The molecule has 0 unspecified atom stereocenters. The highest BCUT2D eigenvalue weighted by molar-refractivity contribution is 7.17. The molecule has 0 fully saturated rings. The molecule has 7 nitrogen and oxygen atoms in total. The number of primary amides is 1. The second-order valence-corrected chi connectivity index (χ2v) is 7.24. The van der Waals surface area contributed by atoms with Crippen LogP contribution in [0.2, 0.25) is 0 Å². The predicted octanol–water partition coefficient (Wildman–Crippen LogP) is 2.53. The van der Waals surface area contributed by atoms with Crippen molar-refractivity contribution in [1.29, 1.82) is 0 Å². The summed E-state index contributed by atoms with van der Waals surface area (Å²) in [4.78, 5) is 37.2. The van der Waals surface area contributed by atoms with Crippen molar-refractivity contribution in [2.24, 2.45) is 5.73 Å². The van der Waals surface area contributed by atoms with Crippen molar-refractivity contribution in [2.45, 2.75) is 25.7 Å². The highest BCUT2D eigenvalue weighted by Gasteiger charge is 2.25. The molecule has 1 aromatic heterocycles. The maximum atomic E-state index is 12.2. The van der Waals surface area contributed by atoms with Crippen LogP contribution in [-0.2, 0) is 22.4 Å². The maximum Gasteiger partial charge on any atom is 0.338 e. The van der Waals surface area contributed by atoms with Crippen LogP contribution in [0.25, 0.3) is 0 Å². The summed E-state index contributed by atoms with van der Waals surface area (Å²) in [7, 11) is 1.49. The van der Waals surface area contributed by atoms with Crippen LogP contribution in [0.15, 0.2) is 24.3 Å². The lowest BCUT2D eigenvalue weighted by molar-refractivity contribution is -0.119. The molecule has 3 rings (SSSR count). The van der Waals surface area contributed by atoms with Crippen molar-refractivity contribution in [3.63, 3.8) is 0 Å². The van der Waals surface area contributed by atoms with Gasteiger partial charge in [0.2, 0.25) is 0 Å². The van der Waals surface area contributed by atoms with E-state index in [-0.39, 0.29) is 5.56 Å². The summed E-state index contributed by atoms with van der Waals surface area (Å²) in [5.41, 5.74) is 7.10.